The molecule has 0 aromatic carbocycles. The molecule has 118 valence electrons. The standard InChI is InChI=1S/C15H28N6/c1-6-15(7-2)9-10-21(11-15)14-18-12(16-8-3)17-13(19-14)20(4)5/h6-11H2,1-5H3,(H,16,17,18,19). The normalized spacial score (nSPS) is 17.1. The molecule has 0 spiro atoms. The number of aromatic nitrogens is 3. The zero-order valence-corrected chi connectivity index (χ0v) is 14.0. The molecule has 1 fully saturated rings. The summed E-state index contributed by atoms with van der Waals surface area (Å²) in [7, 11) is 3.92. The van der Waals surface area contributed by atoms with E-state index in [4.69, 9.17) is 0 Å². The van der Waals surface area contributed by atoms with Gasteiger partial charge in [-0.05, 0) is 31.6 Å². The fourth-order valence-electron chi connectivity index (χ4n) is 2.87. The highest BCUT2D eigenvalue weighted by Gasteiger charge is 2.36. The molecule has 2 rings (SSSR count). The molecule has 1 aromatic rings. The van der Waals surface area contributed by atoms with Crippen molar-refractivity contribution in [3.8, 4) is 0 Å². The summed E-state index contributed by atoms with van der Waals surface area (Å²) in [6, 6.07) is 0. The van der Waals surface area contributed by atoms with Crippen molar-refractivity contribution in [3.63, 3.8) is 0 Å². The molecule has 21 heavy (non-hydrogen) atoms. The van der Waals surface area contributed by atoms with Gasteiger partial charge in [0.15, 0.2) is 0 Å². The zero-order valence-electron chi connectivity index (χ0n) is 14.0. The first-order chi connectivity index (χ1) is 10.0. The molecular weight excluding hydrogens is 264 g/mol. The Labute approximate surface area is 128 Å². The van der Waals surface area contributed by atoms with Crippen LogP contribution >= 0.6 is 0 Å². The van der Waals surface area contributed by atoms with Crippen molar-refractivity contribution in [1.29, 1.82) is 0 Å². The first kappa shape index (κ1) is 15.8. The van der Waals surface area contributed by atoms with Crippen LogP contribution in [0, 0.1) is 5.41 Å². The molecule has 2 heterocycles. The van der Waals surface area contributed by atoms with Crippen molar-refractivity contribution in [2.24, 2.45) is 5.41 Å². The van der Waals surface area contributed by atoms with Crippen LogP contribution in [0.1, 0.15) is 40.0 Å². The maximum absolute atomic E-state index is 4.62. The summed E-state index contributed by atoms with van der Waals surface area (Å²) in [6.07, 6.45) is 3.65. The monoisotopic (exact) mass is 292 g/mol. The van der Waals surface area contributed by atoms with Gasteiger partial charge in [-0.2, -0.15) is 15.0 Å². The Kier molecular flexibility index (Phi) is 4.85. The summed E-state index contributed by atoms with van der Waals surface area (Å²) >= 11 is 0. The molecule has 1 aliphatic rings. The van der Waals surface area contributed by atoms with Crippen LogP contribution in [-0.2, 0) is 0 Å². The van der Waals surface area contributed by atoms with E-state index in [9.17, 15) is 0 Å². The van der Waals surface area contributed by atoms with Gasteiger partial charge in [-0.3, -0.25) is 0 Å². The smallest absolute Gasteiger partial charge is 0.231 e. The van der Waals surface area contributed by atoms with Gasteiger partial charge in [0.2, 0.25) is 17.8 Å². The van der Waals surface area contributed by atoms with Crippen LogP contribution in [-0.4, -0.2) is 48.7 Å². The van der Waals surface area contributed by atoms with E-state index in [0.717, 1.165) is 25.6 Å². The van der Waals surface area contributed by atoms with Gasteiger partial charge in [-0.1, -0.05) is 13.8 Å². The number of hydrogen-bond donors (Lipinski definition) is 1. The summed E-state index contributed by atoms with van der Waals surface area (Å²) < 4.78 is 0. The summed E-state index contributed by atoms with van der Waals surface area (Å²) in [6.45, 7) is 9.51. The largest absolute Gasteiger partial charge is 0.354 e. The lowest BCUT2D eigenvalue weighted by Gasteiger charge is -2.26. The molecule has 0 saturated carbocycles. The van der Waals surface area contributed by atoms with Crippen molar-refractivity contribution in [1.82, 2.24) is 15.0 Å². The van der Waals surface area contributed by atoms with Crippen LogP contribution in [0.3, 0.4) is 0 Å². The Morgan fingerprint density at radius 1 is 1.14 bits per heavy atom. The zero-order chi connectivity index (χ0) is 15.5. The summed E-state index contributed by atoms with van der Waals surface area (Å²) in [5.41, 5.74) is 0.420. The van der Waals surface area contributed by atoms with Crippen molar-refractivity contribution >= 4 is 17.8 Å². The van der Waals surface area contributed by atoms with E-state index < -0.39 is 0 Å². The van der Waals surface area contributed by atoms with E-state index in [1.54, 1.807) is 0 Å². The number of hydrogen-bond acceptors (Lipinski definition) is 6. The van der Waals surface area contributed by atoms with Crippen molar-refractivity contribution in [2.45, 2.75) is 40.0 Å². The second-order valence-corrected chi connectivity index (χ2v) is 6.06. The van der Waals surface area contributed by atoms with Gasteiger partial charge in [0, 0.05) is 33.7 Å². The molecule has 6 heteroatoms. The van der Waals surface area contributed by atoms with Crippen LogP contribution in [0.4, 0.5) is 17.8 Å². The summed E-state index contributed by atoms with van der Waals surface area (Å²) in [5.74, 6) is 2.17. The third-order valence-electron chi connectivity index (χ3n) is 4.57. The molecular formula is C15H28N6. The Balaban J connectivity index is 2.27. The Bertz CT molecular complexity index is 469. The fourth-order valence-corrected chi connectivity index (χ4v) is 2.87. The molecule has 1 aliphatic heterocycles. The SMILES string of the molecule is CCNc1nc(N(C)C)nc(N2CCC(CC)(CC)C2)n1. The van der Waals surface area contributed by atoms with Crippen molar-refractivity contribution < 1.29 is 0 Å². The molecule has 6 nitrogen and oxygen atoms in total. The van der Waals surface area contributed by atoms with E-state index in [1.807, 2.05) is 25.9 Å². The highest BCUT2D eigenvalue weighted by atomic mass is 15.4. The van der Waals surface area contributed by atoms with Gasteiger partial charge in [-0.25, -0.2) is 0 Å². The molecule has 0 atom stereocenters. The van der Waals surface area contributed by atoms with Crippen LogP contribution in [0.2, 0.25) is 0 Å². The number of anilines is 3. The number of rotatable bonds is 6. The number of nitrogens with zero attached hydrogens (tertiary/aromatic N) is 5. The van der Waals surface area contributed by atoms with E-state index in [0.29, 0.717) is 17.3 Å². The molecule has 1 saturated heterocycles. The molecule has 1 N–H and O–H groups in total. The quantitative estimate of drug-likeness (QED) is 0.869. The first-order valence-electron chi connectivity index (χ1n) is 7.95. The minimum Gasteiger partial charge on any atom is -0.354 e. The minimum atomic E-state index is 0.420. The van der Waals surface area contributed by atoms with E-state index >= 15 is 0 Å². The average molecular weight is 292 g/mol. The Morgan fingerprint density at radius 3 is 2.38 bits per heavy atom. The molecule has 0 unspecified atom stereocenters. The fraction of sp³-hybridized carbons (Fsp3) is 0.800. The first-order valence-corrected chi connectivity index (χ1v) is 7.95. The van der Waals surface area contributed by atoms with E-state index in [1.165, 1.54) is 19.3 Å². The lowest BCUT2D eigenvalue weighted by atomic mass is 9.82. The highest BCUT2D eigenvalue weighted by Crippen LogP contribution is 2.38. The topological polar surface area (TPSA) is 57.2 Å². The third kappa shape index (κ3) is 3.36. The minimum absolute atomic E-state index is 0.420. The van der Waals surface area contributed by atoms with Crippen LogP contribution in [0.15, 0.2) is 0 Å². The van der Waals surface area contributed by atoms with Crippen LogP contribution in [0.25, 0.3) is 0 Å². The number of nitrogens with one attached hydrogen (secondary N) is 1. The van der Waals surface area contributed by atoms with E-state index in [-0.39, 0.29) is 0 Å². The van der Waals surface area contributed by atoms with Gasteiger partial charge in [0.1, 0.15) is 0 Å². The summed E-state index contributed by atoms with van der Waals surface area (Å²) in [5, 5.41) is 3.20. The van der Waals surface area contributed by atoms with Gasteiger partial charge in [0.25, 0.3) is 0 Å². The Morgan fingerprint density at radius 2 is 1.86 bits per heavy atom. The molecule has 0 amide bonds. The molecule has 0 aliphatic carbocycles. The van der Waals surface area contributed by atoms with Crippen LogP contribution < -0.4 is 15.1 Å². The second-order valence-electron chi connectivity index (χ2n) is 6.06. The lowest BCUT2D eigenvalue weighted by molar-refractivity contribution is 0.301. The third-order valence-corrected chi connectivity index (χ3v) is 4.57. The van der Waals surface area contributed by atoms with Gasteiger partial charge in [-0.15, -0.1) is 0 Å². The Hall–Kier alpha value is -1.59. The van der Waals surface area contributed by atoms with Gasteiger partial charge >= 0.3 is 0 Å². The maximum atomic E-state index is 4.62. The maximum Gasteiger partial charge on any atom is 0.231 e. The predicted octanol–water partition coefficient (Wildman–Crippen LogP) is 2.39. The van der Waals surface area contributed by atoms with Gasteiger partial charge in [0.05, 0.1) is 0 Å². The second kappa shape index (κ2) is 6.45. The summed E-state index contributed by atoms with van der Waals surface area (Å²) in [4.78, 5) is 17.9. The van der Waals surface area contributed by atoms with Crippen molar-refractivity contribution in [2.75, 3.05) is 48.8 Å². The van der Waals surface area contributed by atoms with E-state index in [2.05, 4.69) is 39.0 Å². The van der Waals surface area contributed by atoms with Gasteiger partial charge < -0.3 is 15.1 Å². The van der Waals surface area contributed by atoms with Crippen molar-refractivity contribution in [3.05, 3.63) is 0 Å². The lowest BCUT2D eigenvalue weighted by Crippen LogP contribution is -2.28. The molecule has 0 bridgehead atoms. The average Bonchev–Trinajstić information content (AvgIpc) is 2.92. The highest BCUT2D eigenvalue weighted by molar-refractivity contribution is 5.45. The predicted molar refractivity (Wildman–Crippen MR) is 88.2 cm³/mol. The van der Waals surface area contributed by atoms with Crippen LogP contribution in [0.5, 0.6) is 0 Å². The molecule has 0 radical (unpaired) electrons. The molecule has 1 aromatic heterocycles.